The van der Waals surface area contributed by atoms with Crippen LogP contribution in [0.25, 0.3) is 0 Å². The van der Waals surface area contributed by atoms with Gasteiger partial charge in [0.15, 0.2) is 0 Å². The van der Waals surface area contributed by atoms with E-state index in [1.807, 2.05) is 0 Å². The molecule has 0 saturated carbocycles. The molecule has 0 aliphatic carbocycles. The van der Waals surface area contributed by atoms with Gasteiger partial charge in [0, 0.05) is 39.3 Å². The Hall–Kier alpha value is -0.160. The molecular formula is C11H22N2O2. The molecule has 0 radical (unpaired) electrons. The van der Waals surface area contributed by atoms with Gasteiger partial charge in [0.25, 0.3) is 0 Å². The van der Waals surface area contributed by atoms with Gasteiger partial charge in [0.1, 0.15) is 0 Å². The molecule has 0 amide bonds. The van der Waals surface area contributed by atoms with Crippen LogP contribution in [0.3, 0.4) is 0 Å². The van der Waals surface area contributed by atoms with E-state index in [9.17, 15) is 5.11 Å². The number of aliphatic hydroxyl groups is 1. The van der Waals surface area contributed by atoms with Gasteiger partial charge in [-0.3, -0.25) is 0 Å². The van der Waals surface area contributed by atoms with Crippen LogP contribution < -0.4 is 5.32 Å². The van der Waals surface area contributed by atoms with Crippen LogP contribution in [0.15, 0.2) is 0 Å². The van der Waals surface area contributed by atoms with E-state index in [1.54, 1.807) is 7.11 Å². The van der Waals surface area contributed by atoms with Crippen molar-refractivity contribution in [3.05, 3.63) is 0 Å². The minimum atomic E-state index is -0.133. The molecule has 2 heterocycles. The minimum Gasteiger partial charge on any atom is -0.392 e. The summed E-state index contributed by atoms with van der Waals surface area (Å²) in [5.41, 5.74) is 0. The molecule has 2 unspecified atom stereocenters. The second-order valence-corrected chi connectivity index (χ2v) is 4.73. The topological polar surface area (TPSA) is 44.7 Å². The highest BCUT2D eigenvalue weighted by Gasteiger charge is 2.26. The number of ether oxygens (including phenoxy) is 1. The van der Waals surface area contributed by atoms with Crippen molar-refractivity contribution in [2.75, 3.05) is 33.3 Å². The Kier molecular flexibility index (Phi) is 3.97. The second kappa shape index (κ2) is 5.25. The predicted molar refractivity (Wildman–Crippen MR) is 58.9 cm³/mol. The molecule has 15 heavy (non-hydrogen) atoms. The molecule has 0 aromatic carbocycles. The number of aliphatic hydroxyl groups excluding tert-OH is 1. The highest BCUT2D eigenvalue weighted by molar-refractivity contribution is 4.85. The molecule has 2 rings (SSSR count). The molecule has 0 bridgehead atoms. The summed E-state index contributed by atoms with van der Waals surface area (Å²) in [6.07, 6.45) is 3.52. The number of methoxy groups -OCH3 is 1. The molecule has 2 fully saturated rings. The smallest absolute Gasteiger partial charge is 0.0680 e. The van der Waals surface area contributed by atoms with Gasteiger partial charge >= 0.3 is 0 Å². The Bertz CT molecular complexity index is 193. The van der Waals surface area contributed by atoms with Gasteiger partial charge in [-0.05, 0) is 19.3 Å². The summed E-state index contributed by atoms with van der Waals surface area (Å²) in [6, 6.07) is 0.485. The van der Waals surface area contributed by atoms with Crippen molar-refractivity contribution in [2.45, 2.75) is 37.5 Å². The van der Waals surface area contributed by atoms with Crippen LogP contribution in [0.2, 0.25) is 0 Å². The average molecular weight is 214 g/mol. The normalized spacial score (nSPS) is 34.8. The fourth-order valence-corrected chi connectivity index (χ4v) is 2.58. The van der Waals surface area contributed by atoms with Crippen molar-refractivity contribution in [1.82, 2.24) is 10.2 Å². The molecule has 2 N–H and O–H groups in total. The highest BCUT2D eigenvalue weighted by atomic mass is 16.5. The predicted octanol–water partition coefficient (Wildman–Crippen LogP) is -0.180. The summed E-state index contributed by atoms with van der Waals surface area (Å²) in [4.78, 5) is 2.48. The molecule has 2 aliphatic rings. The van der Waals surface area contributed by atoms with Crippen molar-refractivity contribution < 1.29 is 9.84 Å². The molecular weight excluding hydrogens is 192 g/mol. The van der Waals surface area contributed by atoms with E-state index >= 15 is 0 Å². The third-order valence-corrected chi connectivity index (χ3v) is 3.55. The number of rotatable bonds is 3. The SMILES string of the molecule is COC1CCN(CC2CC(O)CN2)CC1. The number of nitrogens with one attached hydrogen (secondary N) is 1. The number of piperidine rings is 1. The monoisotopic (exact) mass is 214 g/mol. The molecule has 0 aromatic heterocycles. The molecule has 2 atom stereocenters. The van der Waals surface area contributed by atoms with Gasteiger partial charge in [0.2, 0.25) is 0 Å². The van der Waals surface area contributed by atoms with E-state index in [2.05, 4.69) is 10.2 Å². The molecule has 2 saturated heterocycles. The van der Waals surface area contributed by atoms with E-state index in [4.69, 9.17) is 4.74 Å². The van der Waals surface area contributed by atoms with Gasteiger partial charge in [-0.2, -0.15) is 0 Å². The lowest BCUT2D eigenvalue weighted by atomic mass is 10.1. The summed E-state index contributed by atoms with van der Waals surface area (Å²) < 4.78 is 5.34. The van der Waals surface area contributed by atoms with Gasteiger partial charge in [-0.25, -0.2) is 0 Å². The van der Waals surface area contributed by atoms with Crippen LogP contribution in [-0.2, 0) is 4.74 Å². The Morgan fingerprint density at radius 1 is 1.40 bits per heavy atom. The van der Waals surface area contributed by atoms with Gasteiger partial charge in [0.05, 0.1) is 12.2 Å². The quantitative estimate of drug-likeness (QED) is 0.684. The zero-order chi connectivity index (χ0) is 10.7. The first-order valence-corrected chi connectivity index (χ1v) is 5.94. The minimum absolute atomic E-state index is 0.133. The maximum Gasteiger partial charge on any atom is 0.0680 e. The molecule has 2 aliphatic heterocycles. The highest BCUT2D eigenvalue weighted by Crippen LogP contribution is 2.15. The summed E-state index contributed by atoms with van der Waals surface area (Å²) in [5, 5.41) is 12.8. The number of hydrogen-bond acceptors (Lipinski definition) is 4. The zero-order valence-electron chi connectivity index (χ0n) is 9.48. The maximum atomic E-state index is 9.41. The van der Waals surface area contributed by atoms with Crippen molar-refractivity contribution in [3.8, 4) is 0 Å². The van der Waals surface area contributed by atoms with E-state index in [-0.39, 0.29) is 6.10 Å². The lowest BCUT2D eigenvalue weighted by molar-refractivity contribution is 0.0386. The van der Waals surface area contributed by atoms with E-state index in [1.165, 1.54) is 0 Å². The van der Waals surface area contributed by atoms with Crippen LogP contribution in [0.5, 0.6) is 0 Å². The third-order valence-electron chi connectivity index (χ3n) is 3.55. The van der Waals surface area contributed by atoms with Crippen molar-refractivity contribution in [1.29, 1.82) is 0 Å². The van der Waals surface area contributed by atoms with Crippen molar-refractivity contribution in [2.24, 2.45) is 0 Å². The first kappa shape index (κ1) is 11.3. The molecule has 88 valence electrons. The standard InChI is InChI=1S/C11H22N2O2/c1-15-11-2-4-13(5-3-11)8-9-6-10(14)7-12-9/h9-12,14H,2-8H2,1H3. The van der Waals surface area contributed by atoms with Crippen LogP contribution in [-0.4, -0.2) is 61.5 Å². The summed E-state index contributed by atoms with van der Waals surface area (Å²) in [6.45, 7) is 4.10. The Morgan fingerprint density at radius 2 is 2.13 bits per heavy atom. The Labute approximate surface area is 91.6 Å². The van der Waals surface area contributed by atoms with Crippen molar-refractivity contribution >= 4 is 0 Å². The number of likely N-dealkylation sites (tertiary alicyclic amines) is 1. The average Bonchev–Trinajstić information content (AvgIpc) is 2.65. The van der Waals surface area contributed by atoms with Crippen LogP contribution in [0.4, 0.5) is 0 Å². The van der Waals surface area contributed by atoms with Crippen LogP contribution >= 0.6 is 0 Å². The first-order chi connectivity index (χ1) is 7.28. The van der Waals surface area contributed by atoms with E-state index < -0.39 is 0 Å². The summed E-state index contributed by atoms with van der Waals surface area (Å²) in [5.74, 6) is 0. The molecule has 0 spiro atoms. The Morgan fingerprint density at radius 3 is 2.67 bits per heavy atom. The lowest BCUT2D eigenvalue weighted by Gasteiger charge is -2.32. The Balaban J connectivity index is 1.68. The van der Waals surface area contributed by atoms with Gasteiger partial charge in [-0.15, -0.1) is 0 Å². The van der Waals surface area contributed by atoms with Crippen LogP contribution in [0, 0.1) is 0 Å². The third kappa shape index (κ3) is 3.14. The fourth-order valence-electron chi connectivity index (χ4n) is 2.58. The number of nitrogens with zero attached hydrogens (tertiary/aromatic N) is 1. The maximum absolute atomic E-state index is 9.41. The van der Waals surface area contributed by atoms with Gasteiger partial charge < -0.3 is 20.1 Å². The fraction of sp³-hybridized carbons (Fsp3) is 1.00. The molecule has 4 nitrogen and oxygen atoms in total. The van der Waals surface area contributed by atoms with E-state index in [0.29, 0.717) is 12.1 Å². The molecule has 0 aromatic rings. The number of β-amino-alcohol motifs (C(OH)–C–C–N with tert-alkyl or cyclic N) is 1. The van der Waals surface area contributed by atoms with E-state index in [0.717, 1.165) is 45.4 Å². The number of hydrogen-bond donors (Lipinski definition) is 2. The lowest BCUT2D eigenvalue weighted by Crippen LogP contribution is -2.43. The van der Waals surface area contributed by atoms with Gasteiger partial charge in [-0.1, -0.05) is 0 Å². The zero-order valence-corrected chi connectivity index (χ0v) is 9.48. The first-order valence-electron chi connectivity index (χ1n) is 5.94. The summed E-state index contributed by atoms with van der Waals surface area (Å²) in [7, 11) is 1.80. The second-order valence-electron chi connectivity index (χ2n) is 4.73. The molecule has 4 heteroatoms. The largest absolute Gasteiger partial charge is 0.392 e. The van der Waals surface area contributed by atoms with Crippen molar-refractivity contribution in [3.63, 3.8) is 0 Å². The summed E-state index contributed by atoms with van der Waals surface area (Å²) >= 11 is 0. The van der Waals surface area contributed by atoms with Crippen LogP contribution in [0.1, 0.15) is 19.3 Å².